The molecule has 1 rings (SSSR count). The average Bonchev–Trinajstić information content (AvgIpc) is 2.45. The molecule has 0 aromatic heterocycles. The molecule has 20 heavy (non-hydrogen) atoms. The minimum atomic E-state index is -0.345. The Morgan fingerprint density at radius 1 is 1.20 bits per heavy atom. The molecule has 1 nitrogen and oxygen atoms in total. The summed E-state index contributed by atoms with van der Waals surface area (Å²) in [6.45, 7) is 6.32. The number of thioether (sulfide) groups is 2. The molecule has 0 radical (unpaired) electrons. The van der Waals surface area contributed by atoms with E-state index in [0.29, 0.717) is 0 Å². The Labute approximate surface area is 132 Å². The number of aliphatic hydroxyl groups is 1. The molecule has 0 saturated carbocycles. The van der Waals surface area contributed by atoms with E-state index < -0.39 is 0 Å². The third-order valence-electron chi connectivity index (χ3n) is 2.96. The molecular weight excluding hydrogens is 284 g/mol. The van der Waals surface area contributed by atoms with Crippen molar-refractivity contribution in [3.63, 3.8) is 0 Å². The second-order valence-corrected chi connectivity index (χ2v) is 7.61. The van der Waals surface area contributed by atoms with Gasteiger partial charge < -0.3 is 5.11 Å². The van der Waals surface area contributed by atoms with Gasteiger partial charge in [0, 0.05) is 9.99 Å². The highest BCUT2D eigenvalue weighted by Crippen LogP contribution is 2.32. The Morgan fingerprint density at radius 3 is 2.50 bits per heavy atom. The smallest absolute Gasteiger partial charge is 0.0762 e. The lowest BCUT2D eigenvalue weighted by Crippen LogP contribution is -2.11. The van der Waals surface area contributed by atoms with Crippen molar-refractivity contribution in [2.45, 2.75) is 45.5 Å². The maximum atomic E-state index is 10.0. The first kappa shape index (κ1) is 17.7. The van der Waals surface area contributed by atoms with Gasteiger partial charge in [-0.1, -0.05) is 57.5 Å². The van der Waals surface area contributed by atoms with Gasteiger partial charge in [-0.25, -0.2) is 0 Å². The largest absolute Gasteiger partial charge is 0.389 e. The molecule has 3 heteroatoms. The highest BCUT2D eigenvalue weighted by atomic mass is 32.2. The zero-order chi connectivity index (χ0) is 14.8. The molecule has 0 spiro atoms. The zero-order valence-electron chi connectivity index (χ0n) is 12.7. The number of aliphatic hydroxyl groups excluding tert-OH is 1. The van der Waals surface area contributed by atoms with E-state index in [0.717, 1.165) is 11.5 Å². The molecule has 1 N–H and O–H groups in total. The number of rotatable bonds is 9. The molecule has 0 saturated heterocycles. The van der Waals surface area contributed by atoms with Crippen LogP contribution in [-0.2, 0) is 5.75 Å². The van der Waals surface area contributed by atoms with Crippen LogP contribution in [0, 0.1) is 5.92 Å². The summed E-state index contributed by atoms with van der Waals surface area (Å²) in [5, 5.41) is 10.0. The van der Waals surface area contributed by atoms with E-state index in [2.05, 4.69) is 45.0 Å². The van der Waals surface area contributed by atoms with Crippen molar-refractivity contribution in [3.8, 4) is 0 Å². The van der Waals surface area contributed by atoms with Crippen LogP contribution in [0.15, 0.2) is 40.6 Å². The lowest BCUT2D eigenvalue weighted by molar-refractivity contribution is 0.172. The molecule has 0 amide bonds. The van der Waals surface area contributed by atoms with Crippen LogP contribution in [0.2, 0.25) is 0 Å². The summed E-state index contributed by atoms with van der Waals surface area (Å²) in [4.78, 5) is 0. The number of unbranched alkanes of at least 4 members (excludes halogenated alkanes) is 1. The SMILES string of the molecule is CCCCS/C(=C/C(O)C(C)C)SCc1ccccc1. The van der Waals surface area contributed by atoms with Crippen molar-refractivity contribution in [2.75, 3.05) is 5.75 Å². The molecule has 0 aliphatic rings. The van der Waals surface area contributed by atoms with Crippen LogP contribution in [0.25, 0.3) is 0 Å². The average molecular weight is 311 g/mol. The second-order valence-electron chi connectivity index (χ2n) is 5.20. The van der Waals surface area contributed by atoms with Crippen molar-refractivity contribution in [1.29, 1.82) is 0 Å². The van der Waals surface area contributed by atoms with Crippen LogP contribution >= 0.6 is 23.5 Å². The predicted octanol–water partition coefficient (Wildman–Crippen LogP) is 5.31. The first-order valence-corrected chi connectivity index (χ1v) is 9.30. The van der Waals surface area contributed by atoms with E-state index in [1.165, 1.54) is 22.6 Å². The maximum absolute atomic E-state index is 10.0. The van der Waals surface area contributed by atoms with Crippen LogP contribution < -0.4 is 0 Å². The summed E-state index contributed by atoms with van der Waals surface area (Å²) in [5.41, 5.74) is 1.33. The topological polar surface area (TPSA) is 20.2 Å². The van der Waals surface area contributed by atoms with Crippen molar-refractivity contribution in [3.05, 3.63) is 46.2 Å². The summed E-state index contributed by atoms with van der Waals surface area (Å²) in [7, 11) is 0. The summed E-state index contributed by atoms with van der Waals surface area (Å²) in [6.07, 6.45) is 4.13. The number of benzene rings is 1. The van der Waals surface area contributed by atoms with E-state index in [1.807, 2.05) is 35.7 Å². The molecule has 0 aliphatic heterocycles. The summed E-state index contributed by atoms with van der Waals surface area (Å²) in [5.74, 6) is 2.38. The third kappa shape index (κ3) is 7.41. The van der Waals surface area contributed by atoms with Gasteiger partial charge in [0.25, 0.3) is 0 Å². The minimum absolute atomic E-state index is 0.272. The first-order chi connectivity index (χ1) is 9.63. The first-order valence-electron chi connectivity index (χ1n) is 7.33. The summed E-state index contributed by atoms with van der Waals surface area (Å²) in [6, 6.07) is 10.5. The molecule has 0 fully saturated rings. The van der Waals surface area contributed by atoms with Crippen LogP contribution in [-0.4, -0.2) is 17.0 Å². The Balaban J connectivity index is 2.57. The second kappa shape index (κ2) is 10.4. The fraction of sp³-hybridized carbons (Fsp3) is 0.529. The van der Waals surface area contributed by atoms with E-state index in [1.54, 1.807) is 0 Å². The van der Waals surface area contributed by atoms with Gasteiger partial charge >= 0.3 is 0 Å². The van der Waals surface area contributed by atoms with Crippen molar-refractivity contribution in [1.82, 2.24) is 0 Å². The number of hydrogen-bond donors (Lipinski definition) is 1. The fourth-order valence-corrected chi connectivity index (χ4v) is 3.88. The van der Waals surface area contributed by atoms with E-state index in [-0.39, 0.29) is 12.0 Å². The highest BCUT2D eigenvalue weighted by Gasteiger charge is 2.09. The Bertz CT molecular complexity index is 387. The molecule has 1 aromatic rings. The van der Waals surface area contributed by atoms with E-state index in [9.17, 15) is 5.11 Å². The minimum Gasteiger partial charge on any atom is -0.389 e. The quantitative estimate of drug-likeness (QED) is 0.624. The Morgan fingerprint density at radius 2 is 1.90 bits per heavy atom. The Hall–Kier alpha value is -0.380. The number of hydrogen-bond acceptors (Lipinski definition) is 3. The standard InChI is InChI=1S/C17H26OS2/c1-4-5-11-19-17(12-16(18)14(2)3)20-13-15-9-7-6-8-10-15/h6-10,12,14,16,18H,4-5,11,13H2,1-3H3/b17-12-. The molecule has 0 bridgehead atoms. The van der Waals surface area contributed by atoms with Gasteiger partial charge in [0.15, 0.2) is 0 Å². The van der Waals surface area contributed by atoms with Gasteiger partial charge in [-0.15, -0.1) is 23.5 Å². The molecule has 1 atom stereocenters. The normalized spacial score (nSPS) is 13.8. The van der Waals surface area contributed by atoms with Crippen molar-refractivity contribution in [2.24, 2.45) is 5.92 Å². The monoisotopic (exact) mass is 310 g/mol. The molecule has 1 unspecified atom stereocenters. The van der Waals surface area contributed by atoms with Gasteiger partial charge in [0.2, 0.25) is 0 Å². The van der Waals surface area contributed by atoms with Gasteiger partial charge in [-0.3, -0.25) is 0 Å². The maximum Gasteiger partial charge on any atom is 0.0762 e. The van der Waals surface area contributed by atoms with Crippen molar-refractivity contribution >= 4 is 23.5 Å². The molecule has 1 aromatic carbocycles. The summed E-state index contributed by atoms with van der Waals surface area (Å²) >= 11 is 3.71. The third-order valence-corrected chi connectivity index (χ3v) is 5.47. The zero-order valence-corrected chi connectivity index (χ0v) is 14.3. The van der Waals surface area contributed by atoms with Crippen LogP contribution in [0.5, 0.6) is 0 Å². The fourth-order valence-electron chi connectivity index (χ4n) is 1.52. The Kier molecular flexibility index (Phi) is 9.16. The van der Waals surface area contributed by atoms with Crippen molar-refractivity contribution < 1.29 is 5.11 Å². The lowest BCUT2D eigenvalue weighted by Gasteiger charge is -2.13. The van der Waals surface area contributed by atoms with Gasteiger partial charge in [0.1, 0.15) is 0 Å². The molecule has 112 valence electrons. The lowest BCUT2D eigenvalue weighted by atomic mass is 10.1. The van der Waals surface area contributed by atoms with Gasteiger partial charge in [0.05, 0.1) is 6.10 Å². The molecular formula is C17H26OS2. The van der Waals surface area contributed by atoms with Gasteiger partial charge in [-0.2, -0.15) is 0 Å². The molecule has 0 aliphatic carbocycles. The summed E-state index contributed by atoms with van der Waals surface area (Å²) < 4.78 is 1.25. The highest BCUT2D eigenvalue weighted by molar-refractivity contribution is 8.21. The van der Waals surface area contributed by atoms with Crippen LogP contribution in [0.3, 0.4) is 0 Å². The van der Waals surface area contributed by atoms with E-state index >= 15 is 0 Å². The van der Waals surface area contributed by atoms with Crippen LogP contribution in [0.4, 0.5) is 0 Å². The van der Waals surface area contributed by atoms with E-state index in [4.69, 9.17) is 0 Å². The van der Waals surface area contributed by atoms with Gasteiger partial charge in [-0.05, 0) is 29.7 Å². The molecule has 0 heterocycles. The van der Waals surface area contributed by atoms with Crippen LogP contribution in [0.1, 0.15) is 39.2 Å². The predicted molar refractivity (Wildman–Crippen MR) is 94.0 cm³/mol.